The summed E-state index contributed by atoms with van der Waals surface area (Å²) in [6.07, 6.45) is 1.50. The second kappa shape index (κ2) is 5.74. The predicted octanol–water partition coefficient (Wildman–Crippen LogP) is 1.67. The number of ether oxygens (including phenoxy) is 1. The molecule has 8 heteroatoms. The van der Waals surface area contributed by atoms with E-state index in [-0.39, 0.29) is 0 Å². The SMILES string of the molecule is COCc1cc(N(C)Cc2csc(C)n2)n2ncnc2n1. The molecule has 7 nitrogen and oxygen atoms in total. The second-order valence-electron chi connectivity index (χ2n) is 4.72. The van der Waals surface area contributed by atoms with Gasteiger partial charge in [0.15, 0.2) is 0 Å². The lowest BCUT2D eigenvalue weighted by molar-refractivity contribution is 0.181. The molecular formula is C13H16N6OS. The molecule has 0 bridgehead atoms. The van der Waals surface area contributed by atoms with Crippen molar-refractivity contribution in [3.8, 4) is 0 Å². The summed E-state index contributed by atoms with van der Waals surface area (Å²) in [5.74, 6) is 1.48. The van der Waals surface area contributed by atoms with Crippen molar-refractivity contribution in [3.05, 3.63) is 34.2 Å². The van der Waals surface area contributed by atoms with Gasteiger partial charge in [0.2, 0.25) is 0 Å². The molecular weight excluding hydrogens is 288 g/mol. The van der Waals surface area contributed by atoms with Crippen LogP contribution in [-0.4, -0.2) is 38.7 Å². The number of hydrogen-bond acceptors (Lipinski definition) is 7. The Bertz CT molecular complexity index is 752. The molecule has 0 aliphatic carbocycles. The molecule has 0 aliphatic heterocycles. The summed E-state index contributed by atoms with van der Waals surface area (Å²) >= 11 is 1.65. The predicted molar refractivity (Wildman–Crippen MR) is 80.5 cm³/mol. The van der Waals surface area contributed by atoms with Crippen molar-refractivity contribution in [2.75, 3.05) is 19.1 Å². The average Bonchev–Trinajstić information content (AvgIpc) is 3.07. The zero-order valence-corrected chi connectivity index (χ0v) is 13.0. The van der Waals surface area contributed by atoms with Gasteiger partial charge in [-0.25, -0.2) is 9.97 Å². The van der Waals surface area contributed by atoms with E-state index in [0.29, 0.717) is 18.9 Å². The molecule has 0 amide bonds. The van der Waals surface area contributed by atoms with Gasteiger partial charge in [-0.05, 0) is 6.92 Å². The van der Waals surface area contributed by atoms with Gasteiger partial charge in [-0.15, -0.1) is 11.3 Å². The van der Waals surface area contributed by atoms with Gasteiger partial charge in [-0.1, -0.05) is 0 Å². The van der Waals surface area contributed by atoms with Crippen LogP contribution in [0.1, 0.15) is 16.4 Å². The minimum atomic E-state index is 0.444. The fourth-order valence-corrected chi connectivity index (χ4v) is 2.75. The molecule has 0 atom stereocenters. The Morgan fingerprint density at radius 3 is 2.90 bits per heavy atom. The summed E-state index contributed by atoms with van der Waals surface area (Å²) in [5.41, 5.74) is 1.87. The summed E-state index contributed by atoms with van der Waals surface area (Å²) in [6.45, 7) is 3.16. The summed E-state index contributed by atoms with van der Waals surface area (Å²) in [4.78, 5) is 15.1. The van der Waals surface area contributed by atoms with Gasteiger partial charge in [0.1, 0.15) is 12.1 Å². The molecule has 3 heterocycles. The van der Waals surface area contributed by atoms with Crippen molar-refractivity contribution in [1.29, 1.82) is 0 Å². The Balaban J connectivity index is 1.95. The molecule has 0 fully saturated rings. The van der Waals surface area contributed by atoms with Crippen LogP contribution in [0.4, 0.5) is 5.82 Å². The lowest BCUT2D eigenvalue weighted by atomic mass is 10.3. The average molecular weight is 304 g/mol. The van der Waals surface area contributed by atoms with E-state index in [9.17, 15) is 0 Å². The number of hydrogen-bond donors (Lipinski definition) is 0. The van der Waals surface area contributed by atoms with Gasteiger partial charge in [-0.2, -0.15) is 14.6 Å². The first-order chi connectivity index (χ1) is 10.2. The molecule has 3 rings (SSSR count). The van der Waals surface area contributed by atoms with Crippen LogP contribution in [0.15, 0.2) is 17.8 Å². The first-order valence-electron chi connectivity index (χ1n) is 6.48. The van der Waals surface area contributed by atoms with E-state index in [0.717, 1.165) is 22.2 Å². The Morgan fingerprint density at radius 2 is 2.19 bits per heavy atom. The van der Waals surface area contributed by atoms with Crippen LogP contribution in [-0.2, 0) is 17.9 Å². The lowest BCUT2D eigenvalue weighted by Crippen LogP contribution is -2.20. The standard InChI is InChI=1S/C13H16N6OS/c1-9-16-11(7-21-9)5-18(2)12-4-10(6-20-3)17-13-14-8-15-19(12)13/h4,7-8H,5-6H2,1-3H3. The van der Waals surface area contributed by atoms with Crippen molar-refractivity contribution in [2.45, 2.75) is 20.1 Å². The van der Waals surface area contributed by atoms with Crippen LogP contribution < -0.4 is 4.90 Å². The number of aryl methyl sites for hydroxylation is 1. The number of rotatable bonds is 5. The number of nitrogens with zero attached hydrogens (tertiary/aromatic N) is 6. The summed E-state index contributed by atoms with van der Waals surface area (Å²) in [6, 6.07) is 1.96. The third-order valence-corrected chi connectivity index (χ3v) is 3.86. The van der Waals surface area contributed by atoms with Gasteiger partial charge in [0.25, 0.3) is 5.78 Å². The summed E-state index contributed by atoms with van der Waals surface area (Å²) in [5, 5.41) is 7.37. The maximum Gasteiger partial charge on any atom is 0.254 e. The highest BCUT2D eigenvalue weighted by molar-refractivity contribution is 7.09. The monoisotopic (exact) mass is 304 g/mol. The zero-order chi connectivity index (χ0) is 14.8. The molecule has 0 aromatic carbocycles. The quantitative estimate of drug-likeness (QED) is 0.714. The van der Waals surface area contributed by atoms with Gasteiger partial charge in [0, 0.05) is 25.6 Å². The maximum absolute atomic E-state index is 5.16. The van der Waals surface area contributed by atoms with E-state index in [2.05, 4.69) is 30.3 Å². The summed E-state index contributed by atoms with van der Waals surface area (Å²) in [7, 11) is 3.65. The van der Waals surface area contributed by atoms with E-state index in [1.807, 2.05) is 20.0 Å². The second-order valence-corrected chi connectivity index (χ2v) is 5.79. The third kappa shape index (κ3) is 2.86. The first-order valence-corrected chi connectivity index (χ1v) is 7.36. The van der Waals surface area contributed by atoms with Crippen molar-refractivity contribution < 1.29 is 4.74 Å². The maximum atomic E-state index is 5.16. The Morgan fingerprint density at radius 1 is 1.33 bits per heavy atom. The Kier molecular flexibility index (Phi) is 3.80. The number of methoxy groups -OCH3 is 1. The number of thiazole rings is 1. The van der Waals surface area contributed by atoms with E-state index in [1.54, 1.807) is 23.0 Å². The molecule has 0 radical (unpaired) electrons. The largest absolute Gasteiger partial charge is 0.378 e. The van der Waals surface area contributed by atoms with E-state index < -0.39 is 0 Å². The fraction of sp³-hybridized carbons (Fsp3) is 0.385. The highest BCUT2D eigenvalue weighted by Gasteiger charge is 2.13. The third-order valence-electron chi connectivity index (χ3n) is 3.04. The number of fused-ring (bicyclic) bond motifs is 1. The van der Waals surface area contributed by atoms with Crippen LogP contribution in [0, 0.1) is 6.92 Å². The van der Waals surface area contributed by atoms with E-state index >= 15 is 0 Å². The fourth-order valence-electron chi connectivity index (χ4n) is 2.14. The summed E-state index contributed by atoms with van der Waals surface area (Å²) < 4.78 is 6.88. The number of aromatic nitrogens is 5. The molecule has 0 aliphatic rings. The smallest absolute Gasteiger partial charge is 0.254 e. The van der Waals surface area contributed by atoms with Crippen molar-refractivity contribution >= 4 is 22.9 Å². The van der Waals surface area contributed by atoms with Crippen LogP contribution in [0.25, 0.3) is 5.78 Å². The minimum absolute atomic E-state index is 0.444. The molecule has 21 heavy (non-hydrogen) atoms. The van der Waals surface area contributed by atoms with Gasteiger partial charge >= 0.3 is 0 Å². The van der Waals surface area contributed by atoms with Gasteiger partial charge in [0.05, 0.1) is 29.5 Å². The first kappa shape index (κ1) is 13.9. The van der Waals surface area contributed by atoms with Gasteiger partial charge < -0.3 is 9.64 Å². The zero-order valence-electron chi connectivity index (χ0n) is 12.1. The van der Waals surface area contributed by atoms with E-state index in [1.165, 1.54) is 6.33 Å². The van der Waals surface area contributed by atoms with Crippen LogP contribution in [0.3, 0.4) is 0 Å². The molecule has 0 saturated carbocycles. The van der Waals surface area contributed by atoms with E-state index in [4.69, 9.17) is 4.74 Å². The normalized spacial score (nSPS) is 11.2. The van der Waals surface area contributed by atoms with Crippen LogP contribution in [0.5, 0.6) is 0 Å². The minimum Gasteiger partial charge on any atom is -0.378 e. The Labute approximate surface area is 126 Å². The van der Waals surface area contributed by atoms with Gasteiger partial charge in [-0.3, -0.25) is 0 Å². The molecule has 0 N–H and O–H groups in total. The topological polar surface area (TPSA) is 68.4 Å². The number of anilines is 1. The molecule has 110 valence electrons. The molecule has 3 aromatic rings. The highest BCUT2D eigenvalue weighted by Crippen LogP contribution is 2.18. The van der Waals surface area contributed by atoms with Crippen molar-refractivity contribution in [1.82, 2.24) is 24.6 Å². The van der Waals surface area contributed by atoms with Crippen LogP contribution >= 0.6 is 11.3 Å². The van der Waals surface area contributed by atoms with Crippen LogP contribution in [0.2, 0.25) is 0 Å². The van der Waals surface area contributed by atoms with Crippen molar-refractivity contribution in [3.63, 3.8) is 0 Å². The molecule has 0 saturated heterocycles. The molecule has 0 unspecified atom stereocenters. The molecule has 0 spiro atoms. The highest BCUT2D eigenvalue weighted by atomic mass is 32.1. The molecule has 3 aromatic heterocycles. The van der Waals surface area contributed by atoms with Crippen molar-refractivity contribution in [2.24, 2.45) is 0 Å². The lowest BCUT2D eigenvalue weighted by Gasteiger charge is -2.19. The Hall–Kier alpha value is -2.06.